The van der Waals surface area contributed by atoms with Crippen LogP contribution in [0.3, 0.4) is 0 Å². The van der Waals surface area contributed by atoms with Gasteiger partial charge in [0.1, 0.15) is 18.4 Å². The molecule has 0 unspecified atom stereocenters. The third-order valence-electron chi connectivity index (χ3n) is 6.33. The summed E-state index contributed by atoms with van der Waals surface area (Å²) in [7, 11) is -3.92. The Balaban J connectivity index is 2.04. The minimum absolute atomic E-state index is 0.0441. The molecule has 1 N–H and O–H groups in total. The quantitative estimate of drug-likeness (QED) is 0.337. The van der Waals surface area contributed by atoms with Crippen LogP contribution in [0.15, 0.2) is 78.9 Å². The van der Waals surface area contributed by atoms with Gasteiger partial charge in [-0.1, -0.05) is 61.0 Å². The molecule has 0 radical (unpaired) electrons. The fraction of sp³-hybridized carbons (Fsp3) is 0.310. The minimum atomic E-state index is -3.92. The lowest BCUT2D eigenvalue weighted by Gasteiger charge is -2.34. The van der Waals surface area contributed by atoms with Gasteiger partial charge < -0.3 is 10.2 Å². The number of rotatable bonds is 12. The SMILES string of the molecule is CC[C@@H](C)NC(=O)[C@H](Cc1ccccc1)N(Cc1ccc(Cl)cc1)C(=O)CN(c1ccc(F)cc1)S(C)(=O)=O. The lowest BCUT2D eigenvalue weighted by Crippen LogP contribution is -2.54. The summed E-state index contributed by atoms with van der Waals surface area (Å²) in [6, 6.07) is 20.0. The molecule has 208 valence electrons. The van der Waals surface area contributed by atoms with Crippen LogP contribution >= 0.6 is 11.6 Å². The molecule has 3 aromatic rings. The lowest BCUT2D eigenvalue weighted by atomic mass is 10.0. The van der Waals surface area contributed by atoms with Crippen LogP contribution in [0.4, 0.5) is 10.1 Å². The molecule has 0 aromatic heterocycles. The predicted molar refractivity (Wildman–Crippen MR) is 152 cm³/mol. The van der Waals surface area contributed by atoms with Crippen LogP contribution in [-0.2, 0) is 32.6 Å². The molecule has 0 fully saturated rings. The molecular weight excluding hydrogens is 541 g/mol. The number of anilines is 1. The zero-order valence-corrected chi connectivity index (χ0v) is 23.8. The fourth-order valence-electron chi connectivity index (χ4n) is 4.00. The highest BCUT2D eigenvalue weighted by molar-refractivity contribution is 7.92. The third-order valence-corrected chi connectivity index (χ3v) is 7.72. The Hall–Kier alpha value is -3.43. The van der Waals surface area contributed by atoms with Gasteiger partial charge in [0.05, 0.1) is 11.9 Å². The topological polar surface area (TPSA) is 86.8 Å². The molecule has 10 heteroatoms. The van der Waals surface area contributed by atoms with Crippen molar-refractivity contribution >= 4 is 39.1 Å². The van der Waals surface area contributed by atoms with E-state index in [2.05, 4.69) is 5.32 Å². The van der Waals surface area contributed by atoms with Crippen LogP contribution < -0.4 is 9.62 Å². The van der Waals surface area contributed by atoms with Gasteiger partial charge in [-0.2, -0.15) is 0 Å². The smallest absolute Gasteiger partial charge is 0.244 e. The number of carbonyl (C=O) groups is 2. The Kier molecular flexibility index (Phi) is 10.5. The number of sulfonamides is 1. The summed E-state index contributed by atoms with van der Waals surface area (Å²) in [5.41, 5.74) is 1.70. The highest BCUT2D eigenvalue weighted by atomic mass is 35.5. The minimum Gasteiger partial charge on any atom is -0.352 e. The highest BCUT2D eigenvalue weighted by Crippen LogP contribution is 2.21. The van der Waals surface area contributed by atoms with Gasteiger partial charge >= 0.3 is 0 Å². The number of halogens is 2. The van der Waals surface area contributed by atoms with E-state index < -0.39 is 34.3 Å². The molecule has 0 heterocycles. The largest absolute Gasteiger partial charge is 0.352 e. The fourth-order valence-corrected chi connectivity index (χ4v) is 4.98. The third kappa shape index (κ3) is 8.80. The Morgan fingerprint density at radius 1 is 0.949 bits per heavy atom. The summed E-state index contributed by atoms with van der Waals surface area (Å²) in [6.07, 6.45) is 1.89. The van der Waals surface area contributed by atoms with Crippen LogP contribution in [0.5, 0.6) is 0 Å². The van der Waals surface area contributed by atoms with Gasteiger partial charge in [-0.25, -0.2) is 12.8 Å². The van der Waals surface area contributed by atoms with Crippen molar-refractivity contribution in [3.8, 4) is 0 Å². The molecular formula is C29H33ClFN3O4S. The van der Waals surface area contributed by atoms with Crippen LogP contribution in [0, 0.1) is 5.82 Å². The summed E-state index contributed by atoms with van der Waals surface area (Å²) >= 11 is 6.06. The number of nitrogens with zero attached hydrogens (tertiary/aromatic N) is 2. The Morgan fingerprint density at radius 3 is 2.13 bits per heavy atom. The number of hydrogen-bond acceptors (Lipinski definition) is 4. The van der Waals surface area contributed by atoms with E-state index in [-0.39, 0.29) is 30.6 Å². The first kappa shape index (κ1) is 30.1. The molecule has 7 nitrogen and oxygen atoms in total. The van der Waals surface area contributed by atoms with Crippen molar-refractivity contribution in [3.05, 3.63) is 101 Å². The van der Waals surface area contributed by atoms with E-state index in [9.17, 15) is 22.4 Å². The summed E-state index contributed by atoms with van der Waals surface area (Å²) in [5.74, 6) is -1.46. The van der Waals surface area contributed by atoms with Gasteiger partial charge in [-0.15, -0.1) is 0 Å². The van der Waals surface area contributed by atoms with Gasteiger partial charge in [-0.3, -0.25) is 13.9 Å². The van der Waals surface area contributed by atoms with Crippen molar-refractivity contribution in [1.82, 2.24) is 10.2 Å². The monoisotopic (exact) mass is 573 g/mol. The molecule has 0 saturated heterocycles. The molecule has 2 atom stereocenters. The first-order valence-corrected chi connectivity index (χ1v) is 14.8. The maximum absolute atomic E-state index is 13.9. The number of carbonyl (C=O) groups excluding carboxylic acids is 2. The van der Waals surface area contributed by atoms with Crippen molar-refractivity contribution < 1.29 is 22.4 Å². The van der Waals surface area contributed by atoms with Crippen LogP contribution in [0.1, 0.15) is 31.4 Å². The zero-order chi connectivity index (χ0) is 28.6. The van der Waals surface area contributed by atoms with Gasteiger partial charge in [0.25, 0.3) is 0 Å². The lowest BCUT2D eigenvalue weighted by molar-refractivity contribution is -0.140. The molecule has 0 aliphatic carbocycles. The molecule has 3 aromatic carbocycles. The van der Waals surface area contributed by atoms with Crippen molar-refractivity contribution in [1.29, 1.82) is 0 Å². The van der Waals surface area contributed by atoms with E-state index in [1.165, 1.54) is 17.0 Å². The summed E-state index contributed by atoms with van der Waals surface area (Å²) in [4.78, 5) is 28.9. The van der Waals surface area contributed by atoms with Gasteiger partial charge in [0.15, 0.2) is 0 Å². The standard InChI is InChI=1S/C29H33ClFN3O4S/c1-4-21(2)32-29(36)27(18-22-8-6-5-7-9-22)33(19-23-10-12-24(30)13-11-23)28(35)20-34(39(3,37)38)26-16-14-25(31)15-17-26/h5-17,21,27H,4,18-20H2,1-3H3,(H,32,36)/t21-,27+/m1/s1. The molecule has 0 spiro atoms. The molecule has 3 rings (SSSR count). The normalized spacial score (nSPS) is 12.8. The Labute approximate surface area is 234 Å². The molecule has 0 saturated carbocycles. The average molecular weight is 574 g/mol. The summed E-state index contributed by atoms with van der Waals surface area (Å²) in [6.45, 7) is 3.30. The summed E-state index contributed by atoms with van der Waals surface area (Å²) < 4.78 is 39.9. The van der Waals surface area contributed by atoms with Gasteiger partial charge in [0, 0.05) is 24.0 Å². The number of nitrogens with one attached hydrogen (secondary N) is 1. The van der Waals surface area contributed by atoms with Crippen molar-refractivity contribution in [2.75, 3.05) is 17.1 Å². The van der Waals surface area contributed by atoms with Crippen LogP contribution in [0.25, 0.3) is 0 Å². The Morgan fingerprint density at radius 2 is 1.56 bits per heavy atom. The van der Waals surface area contributed by atoms with Crippen LogP contribution in [-0.4, -0.2) is 50.0 Å². The molecule has 2 amide bonds. The maximum Gasteiger partial charge on any atom is 0.244 e. The van der Waals surface area contributed by atoms with Crippen molar-refractivity contribution in [3.63, 3.8) is 0 Å². The van der Waals surface area contributed by atoms with E-state index >= 15 is 0 Å². The molecule has 0 aliphatic rings. The summed E-state index contributed by atoms with van der Waals surface area (Å²) in [5, 5.41) is 3.49. The molecule has 0 bridgehead atoms. The predicted octanol–water partition coefficient (Wildman–Crippen LogP) is 4.80. The first-order valence-electron chi connectivity index (χ1n) is 12.6. The molecule has 39 heavy (non-hydrogen) atoms. The number of hydrogen-bond donors (Lipinski definition) is 1. The van der Waals surface area contributed by atoms with E-state index in [0.29, 0.717) is 11.4 Å². The van der Waals surface area contributed by atoms with E-state index in [1.807, 2.05) is 44.2 Å². The van der Waals surface area contributed by atoms with E-state index in [1.54, 1.807) is 24.3 Å². The van der Waals surface area contributed by atoms with Crippen LogP contribution in [0.2, 0.25) is 5.02 Å². The second kappa shape index (κ2) is 13.6. The maximum atomic E-state index is 13.9. The highest BCUT2D eigenvalue weighted by Gasteiger charge is 2.33. The van der Waals surface area contributed by atoms with Gasteiger partial charge in [-0.05, 0) is 60.9 Å². The van der Waals surface area contributed by atoms with E-state index in [0.717, 1.165) is 33.8 Å². The van der Waals surface area contributed by atoms with Crippen molar-refractivity contribution in [2.24, 2.45) is 0 Å². The average Bonchev–Trinajstić information content (AvgIpc) is 2.90. The molecule has 0 aliphatic heterocycles. The Bertz CT molecular complexity index is 1350. The number of benzene rings is 3. The second-order valence-corrected chi connectivity index (χ2v) is 11.8. The van der Waals surface area contributed by atoms with Gasteiger partial charge in [0.2, 0.25) is 21.8 Å². The van der Waals surface area contributed by atoms with E-state index in [4.69, 9.17) is 11.6 Å². The number of amides is 2. The van der Waals surface area contributed by atoms with Crippen molar-refractivity contribution in [2.45, 2.75) is 45.3 Å². The zero-order valence-electron chi connectivity index (χ0n) is 22.2. The first-order chi connectivity index (χ1) is 18.5. The second-order valence-electron chi connectivity index (χ2n) is 9.42.